The summed E-state index contributed by atoms with van der Waals surface area (Å²) in [6, 6.07) is 1.07. The molecule has 3 aliphatic rings. The predicted molar refractivity (Wildman–Crippen MR) is 104 cm³/mol. The van der Waals surface area contributed by atoms with Gasteiger partial charge in [0.15, 0.2) is 11.5 Å². The summed E-state index contributed by atoms with van der Waals surface area (Å²) in [4.78, 5) is 24.6. The minimum absolute atomic E-state index is 0.167. The van der Waals surface area contributed by atoms with Crippen molar-refractivity contribution in [1.82, 2.24) is 25.1 Å². The molecule has 150 valence electrons. The molecule has 2 bridgehead atoms. The van der Waals surface area contributed by atoms with Gasteiger partial charge in [0.1, 0.15) is 22.4 Å². The van der Waals surface area contributed by atoms with Crippen LogP contribution in [0.1, 0.15) is 25.7 Å². The zero-order valence-corrected chi connectivity index (χ0v) is 16.0. The lowest BCUT2D eigenvalue weighted by Gasteiger charge is -2.47. The fourth-order valence-corrected chi connectivity index (χ4v) is 4.95. The van der Waals surface area contributed by atoms with E-state index in [0.29, 0.717) is 27.6 Å². The Morgan fingerprint density at radius 1 is 1.21 bits per heavy atom. The summed E-state index contributed by atoms with van der Waals surface area (Å²) in [7, 11) is 0. The van der Waals surface area contributed by atoms with Gasteiger partial charge in [-0.15, -0.1) is 0 Å². The minimum Gasteiger partial charge on any atom is -0.481 e. The zero-order chi connectivity index (χ0) is 20.1. The van der Waals surface area contributed by atoms with Crippen LogP contribution in [0.4, 0.5) is 10.2 Å². The summed E-state index contributed by atoms with van der Waals surface area (Å²) in [5.74, 6) is -0.670. The van der Waals surface area contributed by atoms with Crippen LogP contribution in [-0.2, 0) is 4.79 Å². The zero-order valence-electron chi connectivity index (χ0n) is 15.3. The molecule has 3 aromatic rings. The van der Waals surface area contributed by atoms with E-state index in [4.69, 9.17) is 11.6 Å². The predicted octanol–water partition coefficient (Wildman–Crippen LogP) is 3.51. The van der Waals surface area contributed by atoms with E-state index in [-0.39, 0.29) is 23.7 Å². The number of halogens is 2. The molecule has 6 rings (SSSR count). The van der Waals surface area contributed by atoms with Crippen molar-refractivity contribution in [2.24, 2.45) is 17.8 Å². The van der Waals surface area contributed by atoms with E-state index in [1.54, 1.807) is 0 Å². The number of anilines is 1. The van der Waals surface area contributed by atoms with Crippen molar-refractivity contribution in [3.63, 3.8) is 0 Å². The fourth-order valence-electron chi connectivity index (χ4n) is 4.80. The molecule has 29 heavy (non-hydrogen) atoms. The van der Waals surface area contributed by atoms with Crippen LogP contribution in [0, 0.1) is 23.6 Å². The van der Waals surface area contributed by atoms with Gasteiger partial charge < -0.3 is 10.4 Å². The quantitative estimate of drug-likeness (QED) is 0.595. The molecule has 2 atom stereocenters. The number of nitrogens with zero attached hydrogens (tertiary/aromatic N) is 4. The number of aliphatic carboxylic acids is 1. The molecule has 3 aromatic heterocycles. The molecular formula is C19H18ClFN6O2. The Bertz CT molecular complexity index is 1100. The highest BCUT2D eigenvalue weighted by atomic mass is 35.5. The molecule has 0 aromatic carbocycles. The second-order valence-corrected chi connectivity index (χ2v) is 8.13. The first kappa shape index (κ1) is 18.2. The highest BCUT2D eigenvalue weighted by Crippen LogP contribution is 2.46. The number of carboxylic acid groups (broad SMARTS) is 1. The van der Waals surface area contributed by atoms with Gasteiger partial charge in [-0.2, -0.15) is 5.10 Å². The average molecular weight is 417 g/mol. The molecule has 0 saturated heterocycles. The van der Waals surface area contributed by atoms with Gasteiger partial charge in [0, 0.05) is 6.04 Å². The average Bonchev–Trinajstić information content (AvgIpc) is 3.13. The van der Waals surface area contributed by atoms with Crippen molar-refractivity contribution in [2.45, 2.75) is 31.7 Å². The van der Waals surface area contributed by atoms with Gasteiger partial charge in [0.2, 0.25) is 0 Å². The maximum Gasteiger partial charge on any atom is 0.308 e. The van der Waals surface area contributed by atoms with E-state index in [1.165, 1.54) is 12.3 Å². The number of carbonyl (C=O) groups is 1. The lowest BCUT2D eigenvalue weighted by molar-refractivity contribution is -0.148. The molecule has 0 spiro atoms. The summed E-state index contributed by atoms with van der Waals surface area (Å²) >= 11 is 6.32. The van der Waals surface area contributed by atoms with Crippen LogP contribution in [-0.4, -0.2) is 42.3 Å². The standard InChI is InChI=1S/C19H18ClFN6O2/c20-12-7-23-18(15-11-5-10(21)6-22-16(11)27-26-15)25-17(12)24-14-9-3-1-8(2-4-9)13(14)19(28)29/h5-9,13-14H,1-4H2,(H,28,29)(H,22,26,27)(H,23,24,25)/t8?,9?,13-,14-/m1/s1. The van der Waals surface area contributed by atoms with Crippen molar-refractivity contribution in [2.75, 3.05) is 5.32 Å². The molecule has 0 amide bonds. The largest absolute Gasteiger partial charge is 0.481 e. The lowest BCUT2D eigenvalue weighted by Crippen LogP contribution is -2.51. The number of hydrogen-bond donors (Lipinski definition) is 3. The maximum absolute atomic E-state index is 13.6. The summed E-state index contributed by atoms with van der Waals surface area (Å²) in [5, 5.41) is 20.7. The van der Waals surface area contributed by atoms with Gasteiger partial charge in [-0.1, -0.05) is 11.6 Å². The second-order valence-electron chi connectivity index (χ2n) is 7.72. The van der Waals surface area contributed by atoms with Gasteiger partial charge in [-0.05, 0) is 43.6 Å². The highest BCUT2D eigenvalue weighted by Gasteiger charge is 2.47. The number of aromatic nitrogens is 5. The second kappa shape index (κ2) is 6.91. The van der Waals surface area contributed by atoms with Crippen LogP contribution in [0.25, 0.3) is 22.6 Å². The van der Waals surface area contributed by atoms with Crippen LogP contribution in [0.3, 0.4) is 0 Å². The number of aromatic amines is 1. The number of pyridine rings is 1. The minimum atomic E-state index is -0.789. The third kappa shape index (κ3) is 3.09. The van der Waals surface area contributed by atoms with Gasteiger partial charge in [-0.3, -0.25) is 9.89 Å². The van der Waals surface area contributed by atoms with E-state index in [1.807, 2.05) is 0 Å². The van der Waals surface area contributed by atoms with Crippen molar-refractivity contribution in [3.05, 3.63) is 29.3 Å². The van der Waals surface area contributed by atoms with E-state index in [9.17, 15) is 14.3 Å². The first-order chi connectivity index (χ1) is 14.0. The van der Waals surface area contributed by atoms with E-state index >= 15 is 0 Å². The Morgan fingerprint density at radius 2 is 1.97 bits per heavy atom. The summed E-state index contributed by atoms with van der Waals surface area (Å²) in [6.45, 7) is 0. The Morgan fingerprint density at radius 3 is 2.72 bits per heavy atom. The summed E-state index contributed by atoms with van der Waals surface area (Å²) in [5.41, 5.74) is 0.775. The van der Waals surface area contributed by atoms with Crippen LogP contribution >= 0.6 is 11.6 Å². The molecule has 3 heterocycles. The molecule has 10 heteroatoms. The SMILES string of the molecule is O=C(O)[C@@H]1C2CCC(CC2)[C@H]1Nc1nc(-c2[nH]nc3ncc(F)cc23)ncc1Cl. The molecule has 3 aliphatic carbocycles. The Balaban J connectivity index is 1.51. The smallest absolute Gasteiger partial charge is 0.308 e. The normalized spacial score (nSPS) is 26.0. The first-order valence-electron chi connectivity index (χ1n) is 9.53. The van der Waals surface area contributed by atoms with Crippen molar-refractivity contribution < 1.29 is 14.3 Å². The molecule has 0 unspecified atom stereocenters. The molecule has 3 fully saturated rings. The van der Waals surface area contributed by atoms with Gasteiger partial charge >= 0.3 is 5.97 Å². The van der Waals surface area contributed by atoms with Crippen molar-refractivity contribution in [1.29, 1.82) is 0 Å². The summed E-state index contributed by atoms with van der Waals surface area (Å²) < 4.78 is 13.6. The van der Waals surface area contributed by atoms with Crippen LogP contribution < -0.4 is 5.32 Å². The maximum atomic E-state index is 13.6. The van der Waals surface area contributed by atoms with Crippen LogP contribution in [0.15, 0.2) is 18.5 Å². The van der Waals surface area contributed by atoms with Gasteiger partial charge in [-0.25, -0.2) is 19.3 Å². The number of hydrogen-bond acceptors (Lipinski definition) is 6. The number of nitrogens with one attached hydrogen (secondary N) is 2. The Hall–Kier alpha value is -2.81. The molecule has 0 radical (unpaired) electrons. The molecule has 3 N–H and O–H groups in total. The van der Waals surface area contributed by atoms with E-state index in [2.05, 4.69) is 30.5 Å². The fraction of sp³-hybridized carbons (Fsp3) is 0.421. The third-order valence-corrected chi connectivity index (χ3v) is 6.43. The number of fused-ring (bicyclic) bond motifs is 4. The third-order valence-electron chi connectivity index (χ3n) is 6.15. The van der Waals surface area contributed by atoms with Crippen molar-refractivity contribution >= 4 is 34.4 Å². The van der Waals surface area contributed by atoms with Gasteiger partial charge in [0.25, 0.3) is 0 Å². The Labute approximate surface area is 169 Å². The lowest BCUT2D eigenvalue weighted by atomic mass is 9.61. The molecule has 8 nitrogen and oxygen atoms in total. The van der Waals surface area contributed by atoms with Crippen molar-refractivity contribution in [3.8, 4) is 11.5 Å². The number of H-pyrrole nitrogens is 1. The van der Waals surface area contributed by atoms with Gasteiger partial charge in [0.05, 0.1) is 23.7 Å². The van der Waals surface area contributed by atoms with Crippen LogP contribution in [0.2, 0.25) is 5.02 Å². The van der Waals surface area contributed by atoms with E-state index < -0.39 is 17.7 Å². The summed E-state index contributed by atoms with van der Waals surface area (Å²) in [6.07, 6.45) is 6.42. The van der Waals surface area contributed by atoms with E-state index in [0.717, 1.165) is 31.9 Å². The molecule has 3 saturated carbocycles. The topological polar surface area (TPSA) is 117 Å². The highest BCUT2D eigenvalue weighted by molar-refractivity contribution is 6.32. The monoisotopic (exact) mass is 416 g/mol. The molecule has 0 aliphatic heterocycles. The molecular weight excluding hydrogens is 399 g/mol. The Kier molecular flexibility index (Phi) is 4.34. The van der Waals surface area contributed by atoms with Crippen LogP contribution in [0.5, 0.6) is 0 Å². The number of carboxylic acids is 1. The number of rotatable bonds is 4. The first-order valence-corrected chi connectivity index (χ1v) is 9.91.